The Kier molecular flexibility index (Phi) is 3.44. The van der Waals surface area contributed by atoms with Gasteiger partial charge in [0.2, 0.25) is 0 Å². The van der Waals surface area contributed by atoms with E-state index >= 15 is 0 Å². The van der Waals surface area contributed by atoms with Crippen LogP contribution >= 0.6 is 27.5 Å². The molecule has 0 atom stereocenters. The maximum Gasteiger partial charge on any atom is 0.267 e. The largest absolute Gasteiger partial charge is 0.506 e. The van der Waals surface area contributed by atoms with Gasteiger partial charge in [0.25, 0.3) is 6.43 Å². The molecule has 1 aromatic heterocycles. The van der Waals surface area contributed by atoms with Gasteiger partial charge in [0.1, 0.15) is 10.9 Å². The Labute approximate surface area is 86.7 Å². The number of pyridine rings is 1. The third-order valence-corrected chi connectivity index (χ3v) is 2.37. The Morgan fingerprint density at radius 3 is 2.62 bits per heavy atom. The molecular weight excluding hydrogens is 267 g/mol. The van der Waals surface area contributed by atoms with Crippen molar-refractivity contribution < 1.29 is 13.9 Å². The lowest BCUT2D eigenvalue weighted by Gasteiger charge is -2.08. The van der Waals surface area contributed by atoms with E-state index < -0.39 is 12.0 Å². The van der Waals surface area contributed by atoms with Crippen LogP contribution in [0.25, 0.3) is 0 Å². The molecule has 0 spiro atoms. The number of hydrogen-bond acceptors (Lipinski definition) is 2. The summed E-state index contributed by atoms with van der Waals surface area (Å²) in [5.74, 6) is -0.281. The minimum Gasteiger partial charge on any atom is -0.506 e. The van der Waals surface area contributed by atoms with Crippen LogP contribution < -0.4 is 0 Å². The summed E-state index contributed by atoms with van der Waals surface area (Å²) in [5, 5.41) is 9.02. The zero-order valence-electron chi connectivity index (χ0n) is 6.27. The van der Waals surface area contributed by atoms with E-state index in [-0.39, 0.29) is 21.8 Å². The monoisotopic (exact) mass is 271 g/mol. The van der Waals surface area contributed by atoms with Crippen LogP contribution in [0.2, 0.25) is 5.15 Å². The van der Waals surface area contributed by atoms with Gasteiger partial charge in [-0.05, 0) is 0 Å². The van der Waals surface area contributed by atoms with Crippen LogP contribution in [-0.2, 0) is 5.33 Å². The Morgan fingerprint density at radius 1 is 1.62 bits per heavy atom. The lowest BCUT2D eigenvalue weighted by molar-refractivity contribution is 0.149. The van der Waals surface area contributed by atoms with Crippen molar-refractivity contribution in [2.24, 2.45) is 0 Å². The summed E-state index contributed by atoms with van der Waals surface area (Å²) >= 11 is 8.43. The average molecular weight is 272 g/mol. The molecule has 0 radical (unpaired) electrons. The van der Waals surface area contributed by atoms with Crippen LogP contribution in [0.4, 0.5) is 8.78 Å². The fourth-order valence-electron chi connectivity index (χ4n) is 0.890. The Bertz CT molecular complexity index is 322. The van der Waals surface area contributed by atoms with Crippen LogP contribution in [0.15, 0.2) is 6.20 Å². The molecule has 13 heavy (non-hydrogen) atoms. The summed E-state index contributed by atoms with van der Waals surface area (Å²) in [4.78, 5) is 3.42. The maximum atomic E-state index is 12.4. The molecule has 6 heteroatoms. The minimum atomic E-state index is -2.74. The molecule has 1 aromatic rings. The highest BCUT2D eigenvalue weighted by molar-refractivity contribution is 9.08. The second kappa shape index (κ2) is 4.19. The van der Waals surface area contributed by atoms with Crippen LogP contribution in [0.3, 0.4) is 0 Å². The molecule has 0 fully saturated rings. The summed E-state index contributed by atoms with van der Waals surface area (Å²) < 4.78 is 24.8. The predicted molar refractivity (Wildman–Crippen MR) is 48.5 cm³/mol. The van der Waals surface area contributed by atoms with Crippen molar-refractivity contribution in [2.45, 2.75) is 11.8 Å². The lowest BCUT2D eigenvalue weighted by Crippen LogP contribution is -1.96. The molecule has 72 valence electrons. The van der Waals surface area contributed by atoms with Crippen LogP contribution in [0.1, 0.15) is 17.6 Å². The first-order valence-electron chi connectivity index (χ1n) is 3.28. The Hall–Kier alpha value is -0.420. The number of aromatic nitrogens is 1. The molecular formula is C7H5BrClF2NO. The smallest absolute Gasteiger partial charge is 0.267 e. The molecule has 1 N–H and O–H groups in total. The zero-order valence-corrected chi connectivity index (χ0v) is 8.61. The first-order chi connectivity index (χ1) is 6.07. The van der Waals surface area contributed by atoms with Gasteiger partial charge in [0, 0.05) is 10.9 Å². The summed E-state index contributed by atoms with van der Waals surface area (Å²) in [6.45, 7) is 0. The fraction of sp³-hybridized carbons (Fsp3) is 0.286. The number of alkyl halides is 3. The van der Waals surface area contributed by atoms with Crippen molar-refractivity contribution in [1.29, 1.82) is 0 Å². The fourth-order valence-corrected chi connectivity index (χ4v) is 1.72. The van der Waals surface area contributed by atoms with E-state index in [2.05, 4.69) is 20.9 Å². The number of halogens is 4. The third kappa shape index (κ3) is 2.08. The van der Waals surface area contributed by atoms with E-state index in [1.165, 1.54) is 0 Å². The van der Waals surface area contributed by atoms with Crippen LogP contribution in [0, 0.1) is 0 Å². The van der Waals surface area contributed by atoms with Gasteiger partial charge in [-0.2, -0.15) is 0 Å². The van der Waals surface area contributed by atoms with E-state index in [0.29, 0.717) is 0 Å². The van der Waals surface area contributed by atoms with Gasteiger partial charge >= 0.3 is 0 Å². The molecule has 0 aliphatic carbocycles. The Morgan fingerprint density at radius 2 is 2.23 bits per heavy atom. The maximum absolute atomic E-state index is 12.4. The van der Waals surface area contributed by atoms with Crippen LogP contribution in [-0.4, -0.2) is 10.1 Å². The predicted octanol–water partition coefficient (Wildman–Crippen LogP) is 3.27. The van der Waals surface area contributed by atoms with Crippen molar-refractivity contribution in [2.75, 3.05) is 0 Å². The first-order valence-corrected chi connectivity index (χ1v) is 4.78. The van der Waals surface area contributed by atoms with E-state index in [4.69, 9.17) is 11.6 Å². The van der Waals surface area contributed by atoms with Crippen molar-refractivity contribution in [3.63, 3.8) is 0 Å². The van der Waals surface area contributed by atoms with Crippen molar-refractivity contribution in [3.8, 4) is 5.75 Å². The second-order valence-electron chi connectivity index (χ2n) is 2.26. The normalized spacial score (nSPS) is 10.8. The van der Waals surface area contributed by atoms with E-state index in [9.17, 15) is 13.9 Å². The molecule has 1 heterocycles. The third-order valence-electron chi connectivity index (χ3n) is 1.51. The summed E-state index contributed by atoms with van der Waals surface area (Å²) in [7, 11) is 0. The molecule has 0 saturated heterocycles. The van der Waals surface area contributed by atoms with Gasteiger partial charge in [0.05, 0.1) is 11.8 Å². The highest BCUT2D eigenvalue weighted by atomic mass is 79.9. The van der Waals surface area contributed by atoms with Crippen molar-refractivity contribution in [3.05, 3.63) is 22.5 Å². The first kappa shape index (κ1) is 10.7. The van der Waals surface area contributed by atoms with E-state index in [0.717, 1.165) is 6.20 Å². The van der Waals surface area contributed by atoms with E-state index in [1.807, 2.05) is 0 Å². The van der Waals surface area contributed by atoms with Crippen molar-refractivity contribution in [1.82, 2.24) is 4.98 Å². The average Bonchev–Trinajstić information content (AvgIpc) is 2.07. The summed E-state index contributed by atoms with van der Waals surface area (Å²) in [5.41, 5.74) is -0.339. The quantitative estimate of drug-likeness (QED) is 0.662. The van der Waals surface area contributed by atoms with Crippen LogP contribution in [0.5, 0.6) is 5.75 Å². The molecule has 0 bridgehead atoms. The molecule has 1 rings (SSSR count). The highest BCUT2D eigenvalue weighted by Gasteiger charge is 2.20. The molecule has 0 saturated carbocycles. The highest BCUT2D eigenvalue weighted by Crippen LogP contribution is 2.34. The van der Waals surface area contributed by atoms with Gasteiger partial charge in [-0.1, -0.05) is 27.5 Å². The number of rotatable bonds is 2. The van der Waals surface area contributed by atoms with E-state index in [1.54, 1.807) is 0 Å². The minimum absolute atomic E-state index is 0.0787. The summed E-state index contributed by atoms with van der Waals surface area (Å²) in [6.07, 6.45) is -1.69. The lowest BCUT2D eigenvalue weighted by atomic mass is 10.1. The number of hydrogen-bond donors (Lipinski definition) is 1. The van der Waals surface area contributed by atoms with Crippen molar-refractivity contribution >= 4 is 27.5 Å². The molecule has 0 amide bonds. The number of aromatic hydroxyl groups is 1. The van der Waals surface area contributed by atoms with Gasteiger partial charge in [-0.15, -0.1) is 0 Å². The van der Waals surface area contributed by atoms with Gasteiger partial charge < -0.3 is 5.11 Å². The summed E-state index contributed by atoms with van der Waals surface area (Å²) in [6, 6.07) is 0. The standard InChI is InChI=1S/C7H5BrClF2NO/c8-1-3-4(13)2-12-6(9)5(3)7(10)11/h2,7,13H,1H2. The zero-order chi connectivity index (χ0) is 10.0. The molecule has 0 aliphatic heterocycles. The Balaban J connectivity index is 3.35. The number of nitrogens with zero attached hydrogens (tertiary/aromatic N) is 1. The topological polar surface area (TPSA) is 33.1 Å². The van der Waals surface area contributed by atoms with Gasteiger partial charge in [-0.25, -0.2) is 13.8 Å². The molecule has 2 nitrogen and oxygen atoms in total. The SMILES string of the molecule is Oc1cnc(Cl)c(C(F)F)c1CBr. The molecule has 0 aromatic carbocycles. The van der Waals surface area contributed by atoms with Gasteiger partial charge in [-0.3, -0.25) is 0 Å². The van der Waals surface area contributed by atoms with Gasteiger partial charge in [0.15, 0.2) is 0 Å². The molecule has 0 unspecified atom stereocenters. The molecule has 0 aliphatic rings. The second-order valence-corrected chi connectivity index (χ2v) is 3.18.